The number of rotatable bonds is 5. The van der Waals surface area contributed by atoms with Gasteiger partial charge in [-0.1, -0.05) is 11.6 Å². The summed E-state index contributed by atoms with van der Waals surface area (Å²) in [6.07, 6.45) is 1.54. The number of anilines is 2. The van der Waals surface area contributed by atoms with E-state index in [4.69, 9.17) is 21.3 Å². The average Bonchev–Trinajstić information content (AvgIpc) is 3.04. The minimum atomic E-state index is -0.269. The zero-order valence-electron chi connectivity index (χ0n) is 16.7. The fraction of sp³-hybridized carbons (Fsp3) is 0.136. The van der Waals surface area contributed by atoms with Gasteiger partial charge in [0, 0.05) is 43.1 Å². The van der Waals surface area contributed by atoms with Crippen molar-refractivity contribution in [3.8, 4) is 11.5 Å². The van der Waals surface area contributed by atoms with Gasteiger partial charge in [-0.3, -0.25) is 9.78 Å². The fourth-order valence-corrected chi connectivity index (χ4v) is 3.37. The number of benzene rings is 2. The number of hydrogen-bond donors (Lipinski definition) is 2. The van der Waals surface area contributed by atoms with Crippen molar-refractivity contribution in [3.05, 3.63) is 71.0 Å². The third-order valence-electron chi connectivity index (χ3n) is 4.66. The number of nitrogens with one attached hydrogen (secondary N) is 2. The summed E-state index contributed by atoms with van der Waals surface area (Å²) in [5.74, 6) is 1.59. The Balaban J connectivity index is 1.65. The van der Waals surface area contributed by atoms with Gasteiger partial charge in [0.05, 0.1) is 11.0 Å². The first-order valence-corrected chi connectivity index (χ1v) is 9.68. The Kier molecular flexibility index (Phi) is 5.29. The van der Waals surface area contributed by atoms with Crippen LogP contribution in [0.1, 0.15) is 16.1 Å². The Hall–Kier alpha value is -3.58. The van der Waals surface area contributed by atoms with Crippen LogP contribution in [-0.4, -0.2) is 27.5 Å². The van der Waals surface area contributed by atoms with E-state index in [1.54, 1.807) is 25.4 Å². The first-order chi connectivity index (χ1) is 14.4. The molecular weight excluding hydrogens is 402 g/mol. The molecule has 0 atom stereocenters. The molecule has 2 aromatic heterocycles. The second-order valence-corrected chi connectivity index (χ2v) is 7.23. The van der Waals surface area contributed by atoms with Crippen molar-refractivity contribution in [1.29, 1.82) is 0 Å². The summed E-state index contributed by atoms with van der Waals surface area (Å²) in [6, 6.07) is 14.6. The van der Waals surface area contributed by atoms with Gasteiger partial charge in [0.25, 0.3) is 5.91 Å². The SMILES string of the molecule is CNC(=O)c1cc(Oc2cc(C)c3c(c2)nc(Nc2ccc(Cl)cc2)n3C)ccn1. The lowest BCUT2D eigenvalue weighted by molar-refractivity contribution is 0.0958. The Morgan fingerprint density at radius 1 is 1.10 bits per heavy atom. The standard InChI is InChI=1S/C22H20ClN5O2/c1-13-10-17(30-16-8-9-25-19(11-16)21(29)24-2)12-18-20(13)28(3)22(27-18)26-15-6-4-14(23)5-7-15/h4-12H,1-3H3,(H,24,29)(H,26,27). The van der Waals surface area contributed by atoms with Gasteiger partial charge in [-0.2, -0.15) is 0 Å². The Morgan fingerprint density at radius 3 is 2.60 bits per heavy atom. The van der Waals surface area contributed by atoms with Crippen molar-refractivity contribution >= 4 is 40.2 Å². The molecule has 0 unspecified atom stereocenters. The van der Waals surface area contributed by atoms with Gasteiger partial charge in [-0.25, -0.2) is 4.98 Å². The highest BCUT2D eigenvalue weighted by Crippen LogP contribution is 2.31. The van der Waals surface area contributed by atoms with E-state index in [1.165, 1.54) is 0 Å². The number of carbonyl (C=O) groups is 1. The summed E-state index contributed by atoms with van der Waals surface area (Å²) in [7, 11) is 3.52. The van der Waals surface area contributed by atoms with Crippen LogP contribution in [-0.2, 0) is 7.05 Å². The van der Waals surface area contributed by atoms with E-state index in [1.807, 2.05) is 54.9 Å². The van der Waals surface area contributed by atoms with E-state index in [-0.39, 0.29) is 5.91 Å². The third-order valence-corrected chi connectivity index (χ3v) is 4.91. The molecule has 0 spiro atoms. The lowest BCUT2D eigenvalue weighted by atomic mass is 10.2. The van der Waals surface area contributed by atoms with Crippen LogP contribution in [0.5, 0.6) is 11.5 Å². The van der Waals surface area contributed by atoms with Crippen molar-refractivity contribution in [1.82, 2.24) is 19.9 Å². The molecule has 7 nitrogen and oxygen atoms in total. The Bertz CT molecular complexity index is 1230. The zero-order chi connectivity index (χ0) is 21.3. The number of pyridine rings is 1. The van der Waals surface area contributed by atoms with Gasteiger partial charge in [-0.05, 0) is 48.9 Å². The summed E-state index contributed by atoms with van der Waals surface area (Å²) >= 11 is 5.96. The molecule has 2 N–H and O–H groups in total. The molecule has 0 bridgehead atoms. The highest BCUT2D eigenvalue weighted by molar-refractivity contribution is 6.30. The van der Waals surface area contributed by atoms with Crippen LogP contribution in [0.2, 0.25) is 5.02 Å². The van der Waals surface area contributed by atoms with E-state index in [2.05, 4.69) is 15.6 Å². The van der Waals surface area contributed by atoms with Crippen molar-refractivity contribution in [2.75, 3.05) is 12.4 Å². The molecule has 152 valence electrons. The maximum atomic E-state index is 11.8. The molecule has 0 radical (unpaired) electrons. The molecule has 0 saturated heterocycles. The normalized spacial score (nSPS) is 10.8. The maximum absolute atomic E-state index is 11.8. The minimum absolute atomic E-state index is 0.269. The molecule has 0 fully saturated rings. The van der Waals surface area contributed by atoms with E-state index in [0.717, 1.165) is 22.3 Å². The largest absolute Gasteiger partial charge is 0.457 e. The van der Waals surface area contributed by atoms with Crippen molar-refractivity contribution < 1.29 is 9.53 Å². The van der Waals surface area contributed by atoms with Gasteiger partial charge in [-0.15, -0.1) is 0 Å². The number of aromatic nitrogens is 3. The molecule has 0 saturated carbocycles. The number of carbonyl (C=O) groups excluding carboxylic acids is 1. The van der Waals surface area contributed by atoms with Gasteiger partial charge in [0.1, 0.15) is 17.2 Å². The number of amides is 1. The number of imidazole rings is 1. The average molecular weight is 422 g/mol. The van der Waals surface area contributed by atoms with Gasteiger partial charge in [0.15, 0.2) is 0 Å². The second kappa shape index (κ2) is 8.04. The maximum Gasteiger partial charge on any atom is 0.269 e. The van der Waals surface area contributed by atoms with Crippen LogP contribution in [0.25, 0.3) is 11.0 Å². The molecule has 30 heavy (non-hydrogen) atoms. The van der Waals surface area contributed by atoms with Gasteiger partial charge >= 0.3 is 0 Å². The molecule has 0 aliphatic heterocycles. The molecule has 1 amide bonds. The molecule has 8 heteroatoms. The van der Waals surface area contributed by atoms with E-state index < -0.39 is 0 Å². The molecule has 4 rings (SSSR count). The van der Waals surface area contributed by atoms with Crippen molar-refractivity contribution in [2.45, 2.75) is 6.92 Å². The van der Waals surface area contributed by atoms with Crippen LogP contribution in [0.15, 0.2) is 54.7 Å². The second-order valence-electron chi connectivity index (χ2n) is 6.79. The van der Waals surface area contributed by atoms with Gasteiger partial charge in [0.2, 0.25) is 5.95 Å². The molecule has 0 aliphatic carbocycles. The lowest BCUT2D eigenvalue weighted by Gasteiger charge is -2.09. The van der Waals surface area contributed by atoms with E-state index in [0.29, 0.717) is 28.2 Å². The molecule has 2 aromatic carbocycles. The van der Waals surface area contributed by atoms with E-state index >= 15 is 0 Å². The van der Waals surface area contributed by atoms with Crippen LogP contribution in [0.4, 0.5) is 11.6 Å². The van der Waals surface area contributed by atoms with Crippen LogP contribution < -0.4 is 15.4 Å². The smallest absolute Gasteiger partial charge is 0.269 e. The summed E-state index contributed by atoms with van der Waals surface area (Å²) in [6.45, 7) is 2.01. The monoisotopic (exact) mass is 421 g/mol. The first kappa shape index (κ1) is 19.7. The van der Waals surface area contributed by atoms with Crippen LogP contribution in [0, 0.1) is 6.92 Å². The highest BCUT2D eigenvalue weighted by atomic mass is 35.5. The topological polar surface area (TPSA) is 81.1 Å². The Labute approximate surface area is 178 Å². The van der Waals surface area contributed by atoms with Crippen LogP contribution in [0.3, 0.4) is 0 Å². The lowest BCUT2D eigenvalue weighted by Crippen LogP contribution is -2.18. The summed E-state index contributed by atoms with van der Waals surface area (Å²) < 4.78 is 7.98. The van der Waals surface area contributed by atoms with Crippen molar-refractivity contribution in [2.24, 2.45) is 7.05 Å². The minimum Gasteiger partial charge on any atom is -0.457 e. The highest BCUT2D eigenvalue weighted by Gasteiger charge is 2.13. The summed E-state index contributed by atoms with van der Waals surface area (Å²) in [4.78, 5) is 20.6. The van der Waals surface area contributed by atoms with Gasteiger partial charge < -0.3 is 19.9 Å². The number of ether oxygens (including phenoxy) is 1. The summed E-state index contributed by atoms with van der Waals surface area (Å²) in [5.41, 5.74) is 4.00. The molecular formula is C22H20ClN5O2. The molecule has 2 heterocycles. The zero-order valence-corrected chi connectivity index (χ0v) is 17.5. The predicted molar refractivity (Wildman–Crippen MR) is 118 cm³/mol. The number of aryl methyl sites for hydroxylation is 2. The van der Waals surface area contributed by atoms with E-state index in [9.17, 15) is 4.79 Å². The molecule has 4 aromatic rings. The number of hydrogen-bond acceptors (Lipinski definition) is 5. The predicted octanol–water partition coefficient (Wildman–Crippen LogP) is 4.83. The van der Waals surface area contributed by atoms with Crippen molar-refractivity contribution in [3.63, 3.8) is 0 Å². The number of halogens is 1. The summed E-state index contributed by atoms with van der Waals surface area (Å²) in [5, 5.41) is 6.54. The first-order valence-electron chi connectivity index (χ1n) is 9.30. The molecule has 0 aliphatic rings. The third kappa shape index (κ3) is 3.92. The quantitative estimate of drug-likeness (QED) is 0.482. The fourth-order valence-electron chi connectivity index (χ4n) is 3.24. The van der Waals surface area contributed by atoms with Crippen LogP contribution >= 0.6 is 11.6 Å². The number of nitrogens with zero attached hydrogens (tertiary/aromatic N) is 3. The number of fused-ring (bicyclic) bond motifs is 1. The Morgan fingerprint density at radius 2 is 1.87 bits per heavy atom.